The van der Waals surface area contributed by atoms with Crippen molar-refractivity contribution < 1.29 is 4.42 Å². The van der Waals surface area contributed by atoms with Crippen molar-refractivity contribution in [2.24, 2.45) is 0 Å². The maximum absolute atomic E-state index is 5.60. The summed E-state index contributed by atoms with van der Waals surface area (Å²) >= 11 is 0. The van der Waals surface area contributed by atoms with Crippen LogP contribution in [-0.4, -0.2) is 0 Å². The van der Waals surface area contributed by atoms with Crippen LogP contribution >= 0.6 is 0 Å². The first-order valence-corrected chi connectivity index (χ1v) is 7.53. The molecule has 108 valence electrons. The van der Waals surface area contributed by atoms with Crippen LogP contribution in [-0.2, 0) is 6.54 Å². The monoisotopic (exact) mass is 279 g/mol. The zero-order chi connectivity index (χ0) is 14.7. The Bertz CT molecular complexity index is 712. The van der Waals surface area contributed by atoms with Gasteiger partial charge < -0.3 is 9.73 Å². The number of hydrogen-bond donors (Lipinski definition) is 1. The van der Waals surface area contributed by atoms with Crippen molar-refractivity contribution >= 4 is 11.0 Å². The van der Waals surface area contributed by atoms with Gasteiger partial charge in [-0.2, -0.15) is 0 Å². The van der Waals surface area contributed by atoms with Crippen LogP contribution in [0.4, 0.5) is 0 Å². The van der Waals surface area contributed by atoms with E-state index in [4.69, 9.17) is 4.42 Å². The molecule has 2 aromatic carbocycles. The second kappa shape index (κ2) is 6.15. The molecule has 0 aliphatic heterocycles. The van der Waals surface area contributed by atoms with Crippen LogP contribution in [0.25, 0.3) is 11.0 Å². The van der Waals surface area contributed by atoms with Crippen molar-refractivity contribution in [1.29, 1.82) is 0 Å². The molecular weight excluding hydrogens is 258 g/mol. The molecule has 0 bridgehead atoms. The summed E-state index contributed by atoms with van der Waals surface area (Å²) in [6, 6.07) is 17.3. The normalized spacial score (nSPS) is 12.7. The molecule has 1 aromatic heterocycles. The highest BCUT2D eigenvalue weighted by Gasteiger charge is 2.10. The molecule has 1 N–H and O–H groups in total. The zero-order valence-corrected chi connectivity index (χ0v) is 12.6. The Hall–Kier alpha value is -2.06. The SMILES string of the molecule is CCC(NCc1coc2ccccc12)c1ccc(C)cc1. The minimum absolute atomic E-state index is 0.374. The third-order valence-corrected chi connectivity index (χ3v) is 3.99. The van der Waals surface area contributed by atoms with E-state index in [9.17, 15) is 0 Å². The van der Waals surface area contributed by atoms with E-state index in [0.29, 0.717) is 6.04 Å². The summed E-state index contributed by atoms with van der Waals surface area (Å²) in [4.78, 5) is 0. The van der Waals surface area contributed by atoms with E-state index in [1.165, 1.54) is 22.1 Å². The van der Waals surface area contributed by atoms with Crippen LogP contribution in [0.15, 0.2) is 59.2 Å². The fourth-order valence-corrected chi connectivity index (χ4v) is 2.70. The molecule has 0 spiro atoms. The summed E-state index contributed by atoms with van der Waals surface area (Å²) in [5.41, 5.74) is 4.82. The molecule has 21 heavy (non-hydrogen) atoms. The lowest BCUT2D eigenvalue weighted by Crippen LogP contribution is -2.20. The average Bonchev–Trinajstić information content (AvgIpc) is 2.93. The van der Waals surface area contributed by atoms with Gasteiger partial charge in [0, 0.05) is 23.5 Å². The second-order valence-corrected chi connectivity index (χ2v) is 5.51. The number of furan rings is 1. The van der Waals surface area contributed by atoms with Gasteiger partial charge in [0.2, 0.25) is 0 Å². The Labute approximate surface area is 125 Å². The summed E-state index contributed by atoms with van der Waals surface area (Å²) in [7, 11) is 0. The summed E-state index contributed by atoms with van der Waals surface area (Å²) in [6.45, 7) is 5.16. The van der Waals surface area contributed by atoms with Crippen LogP contribution < -0.4 is 5.32 Å². The largest absolute Gasteiger partial charge is 0.464 e. The number of nitrogens with one attached hydrogen (secondary N) is 1. The van der Waals surface area contributed by atoms with Crippen molar-refractivity contribution in [3.05, 3.63) is 71.5 Å². The van der Waals surface area contributed by atoms with Crippen LogP contribution in [0, 0.1) is 6.92 Å². The van der Waals surface area contributed by atoms with Crippen LogP contribution in [0.1, 0.15) is 36.1 Å². The summed E-state index contributed by atoms with van der Waals surface area (Å²) in [5, 5.41) is 4.84. The molecule has 0 aliphatic rings. The molecule has 3 rings (SSSR count). The third-order valence-electron chi connectivity index (χ3n) is 3.99. The molecular formula is C19H21NO. The lowest BCUT2D eigenvalue weighted by atomic mass is 10.0. The lowest BCUT2D eigenvalue weighted by Gasteiger charge is -2.17. The van der Waals surface area contributed by atoms with E-state index >= 15 is 0 Å². The van der Waals surface area contributed by atoms with E-state index in [-0.39, 0.29) is 0 Å². The van der Waals surface area contributed by atoms with Gasteiger partial charge in [-0.15, -0.1) is 0 Å². The van der Waals surface area contributed by atoms with E-state index in [1.54, 1.807) is 0 Å². The minimum Gasteiger partial charge on any atom is -0.464 e. The van der Waals surface area contributed by atoms with Gasteiger partial charge in [0.05, 0.1) is 6.26 Å². The van der Waals surface area contributed by atoms with Crippen molar-refractivity contribution in [3.8, 4) is 0 Å². The Balaban J connectivity index is 1.74. The Morgan fingerprint density at radius 2 is 1.81 bits per heavy atom. The second-order valence-electron chi connectivity index (χ2n) is 5.51. The van der Waals surface area contributed by atoms with Crippen molar-refractivity contribution in [1.82, 2.24) is 5.32 Å². The van der Waals surface area contributed by atoms with E-state index in [2.05, 4.69) is 55.6 Å². The van der Waals surface area contributed by atoms with Gasteiger partial charge in [-0.25, -0.2) is 0 Å². The number of fused-ring (bicyclic) bond motifs is 1. The lowest BCUT2D eigenvalue weighted by molar-refractivity contribution is 0.515. The highest BCUT2D eigenvalue weighted by atomic mass is 16.3. The number of rotatable bonds is 5. The van der Waals surface area contributed by atoms with Crippen molar-refractivity contribution in [3.63, 3.8) is 0 Å². The number of aryl methyl sites for hydroxylation is 1. The van der Waals surface area contributed by atoms with Gasteiger partial charge in [-0.05, 0) is 25.0 Å². The highest BCUT2D eigenvalue weighted by Crippen LogP contribution is 2.23. The van der Waals surface area contributed by atoms with Crippen LogP contribution in [0.3, 0.4) is 0 Å². The van der Waals surface area contributed by atoms with Gasteiger partial charge in [0.1, 0.15) is 5.58 Å². The number of para-hydroxylation sites is 1. The molecule has 0 amide bonds. The molecule has 0 fully saturated rings. The molecule has 2 heteroatoms. The first kappa shape index (κ1) is 13.9. The van der Waals surface area contributed by atoms with Gasteiger partial charge in [0.25, 0.3) is 0 Å². The molecule has 1 heterocycles. The maximum Gasteiger partial charge on any atom is 0.134 e. The van der Waals surface area contributed by atoms with E-state index in [0.717, 1.165) is 18.5 Å². The molecule has 0 saturated carbocycles. The van der Waals surface area contributed by atoms with E-state index in [1.807, 2.05) is 18.4 Å². The summed E-state index contributed by atoms with van der Waals surface area (Å²) in [5.74, 6) is 0. The molecule has 1 unspecified atom stereocenters. The topological polar surface area (TPSA) is 25.2 Å². The van der Waals surface area contributed by atoms with Crippen LogP contribution in [0.2, 0.25) is 0 Å². The Kier molecular flexibility index (Phi) is 4.07. The molecule has 2 nitrogen and oxygen atoms in total. The number of hydrogen-bond acceptors (Lipinski definition) is 2. The zero-order valence-electron chi connectivity index (χ0n) is 12.6. The first-order valence-electron chi connectivity index (χ1n) is 7.53. The van der Waals surface area contributed by atoms with Crippen molar-refractivity contribution in [2.45, 2.75) is 32.9 Å². The average molecular weight is 279 g/mol. The van der Waals surface area contributed by atoms with Gasteiger partial charge in [-0.1, -0.05) is 55.0 Å². The van der Waals surface area contributed by atoms with Gasteiger partial charge >= 0.3 is 0 Å². The fourth-order valence-electron chi connectivity index (χ4n) is 2.70. The third kappa shape index (κ3) is 3.01. The van der Waals surface area contributed by atoms with Gasteiger partial charge in [-0.3, -0.25) is 0 Å². The first-order chi connectivity index (χ1) is 10.3. The molecule has 0 radical (unpaired) electrons. The standard InChI is InChI=1S/C19H21NO/c1-3-18(15-10-8-14(2)9-11-15)20-12-16-13-21-19-7-5-4-6-17(16)19/h4-11,13,18,20H,3,12H2,1-2H3. The van der Waals surface area contributed by atoms with E-state index < -0.39 is 0 Å². The summed E-state index contributed by atoms with van der Waals surface area (Å²) < 4.78 is 5.60. The highest BCUT2D eigenvalue weighted by molar-refractivity contribution is 5.80. The smallest absolute Gasteiger partial charge is 0.134 e. The molecule has 0 aliphatic carbocycles. The quantitative estimate of drug-likeness (QED) is 0.712. The molecule has 1 atom stereocenters. The molecule has 3 aromatic rings. The van der Waals surface area contributed by atoms with Crippen LogP contribution in [0.5, 0.6) is 0 Å². The summed E-state index contributed by atoms with van der Waals surface area (Å²) in [6.07, 6.45) is 2.93. The van der Waals surface area contributed by atoms with Crippen molar-refractivity contribution in [2.75, 3.05) is 0 Å². The number of benzene rings is 2. The minimum atomic E-state index is 0.374. The molecule has 0 saturated heterocycles. The maximum atomic E-state index is 5.60. The fraction of sp³-hybridized carbons (Fsp3) is 0.263. The Morgan fingerprint density at radius 3 is 2.57 bits per heavy atom. The van der Waals surface area contributed by atoms with Gasteiger partial charge in [0.15, 0.2) is 0 Å². The predicted octanol–water partition coefficient (Wildman–Crippen LogP) is 4.98. The Morgan fingerprint density at radius 1 is 1.05 bits per heavy atom. The predicted molar refractivity (Wildman–Crippen MR) is 87.3 cm³/mol.